The first-order valence-corrected chi connectivity index (χ1v) is 7.98. The first kappa shape index (κ1) is 16.8. The van der Waals surface area contributed by atoms with Gasteiger partial charge in [0, 0.05) is 5.56 Å². The maximum absolute atomic E-state index is 13.0. The van der Waals surface area contributed by atoms with E-state index >= 15 is 0 Å². The molecule has 0 unspecified atom stereocenters. The second kappa shape index (κ2) is 7.21. The van der Waals surface area contributed by atoms with Gasteiger partial charge in [0.05, 0.1) is 31.1 Å². The molecule has 0 aliphatic rings. The first-order chi connectivity index (χ1) is 12.1. The standard InChI is InChI=1S/C20H18O5/c1-3-24-18(21)12-16-19(22)15-11-14(23-2)9-10-17(15)25-20(16)13-7-5-4-6-8-13/h4-11H,3,12H2,1-2H3. The Hall–Kier alpha value is -3.08. The lowest BCUT2D eigenvalue weighted by atomic mass is 10.0. The molecular weight excluding hydrogens is 320 g/mol. The Bertz CT molecular complexity index is 957. The zero-order valence-electron chi connectivity index (χ0n) is 14.1. The molecule has 128 valence electrons. The molecule has 0 spiro atoms. The van der Waals surface area contributed by atoms with Crippen molar-refractivity contribution in [2.24, 2.45) is 0 Å². The predicted molar refractivity (Wildman–Crippen MR) is 94.8 cm³/mol. The van der Waals surface area contributed by atoms with Crippen LogP contribution < -0.4 is 10.2 Å². The number of ether oxygens (including phenoxy) is 2. The predicted octanol–water partition coefficient (Wildman–Crippen LogP) is 3.57. The molecule has 0 saturated heterocycles. The van der Waals surface area contributed by atoms with E-state index in [1.807, 2.05) is 30.3 Å². The molecule has 0 saturated carbocycles. The van der Waals surface area contributed by atoms with Crippen LogP contribution in [0.3, 0.4) is 0 Å². The van der Waals surface area contributed by atoms with Crippen LogP contribution in [-0.4, -0.2) is 19.7 Å². The smallest absolute Gasteiger partial charge is 0.310 e. The highest BCUT2D eigenvalue weighted by Crippen LogP contribution is 2.28. The number of benzene rings is 2. The van der Waals surface area contributed by atoms with Gasteiger partial charge in [0.1, 0.15) is 17.1 Å². The number of hydrogen-bond donors (Lipinski definition) is 0. The highest BCUT2D eigenvalue weighted by Gasteiger charge is 2.19. The molecular formula is C20H18O5. The molecule has 25 heavy (non-hydrogen) atoms. The minimum absolute atomic E-state index is 0.145. The number of methoxy groups -OCH3 is 1. The molecule has 5 heteroatoms. The van der Waals surface area contributed by atoms with Gasteiger partial charge in [0.2, 0.25) is 0 Å². The van der Waals surface area contributed by atoms with E-state index in [1.165, 1.54) is 7.11 Å². The van der Waals surface area contributed by atoms with E-state index in [0.717, 1.165) is 5.56 Å². The number of esters is 1. The number of hydrogen-bond acceptors (Lipinski definition) is 5. The number of carbonyl (C=O) groups is 1. The summed E-state index contributed by atoms with van der Waals surface area (Å²) in [4.78, 5) is 25.0. The topological polar surface area (TPSA) is 65.7 Å². The SMILES string of the molecule is CCOC(=O)Cc1c(-c2ccccc2)oc2ccc(OC)cc2c1=O. The zero-order chi connectivity index (χ0) is 17.8. The maximum Gasteiger partial charge on any atom is 0.310 e. The number of rotatable bonds is 5. The molecule has 3 aromatic rings. The summed E-state index contributed by atoms with van der Waals surface area (Å²) < 4.78 is 16.2. The highest BCUT2D eigenvalue weighted by molar-refractivity contribution is 5.84. The molecule has 3 rings (SSSR count). The molecule has 0 atom stereocenters. The maximum atomic E-state index is 13.0. The summed E-state index contributed by atoms with van der Waals surface area (Å²) in [5, 5.41) is 0.373. The third-order valence-electron chi connectivity index (χ3n) is 3.85. The molecule has 0 amide bonds. The Morgan fingerprint density at radius 3 is 2.56 bits per heavy atom. The van der Waals surface area contributed by atoms with Gasteiger partial charge >= 0.3 is 5.97 Å². The molecule has 0 N–H and O–H groups in total. The normalized spacial score (nSPS) is 10.6. The van der Waals surface area contributed by atoms with E-state index in [0.29, 0.717) is 22.5 Å². The Labute approximate surface area is 144 Å². The van der Waals surface area contributed by atoms with Crippen LogP contribution in [-0.2, 0) is 16.0 Å². The van der Waals surface area contributed by atoms with Crippen molar-refractivity contribution in [1.29, 1.82) is 0 Å². The van der Waals surface area contributed by atoms with Gasteiger partial charge in [0.25, 0.3) is 0 Å². The van der Waals surface area contributed by atoms with E-state index in [-0.39, 0.29) is 24.0 Å². The van der Waals surface area contributed by atoms with E-state index in [9.17, 15) is 9.59 Å². The third-order valence-corrected chi connectivity index (χ3v) is 3.85. The van der Waals surface area contributed by atoms with Gasteiger partial charge in [-0.3, -0.25) is 9.59 Å². The molecule has 0 aliphatic heterocycles. The van der Waals surface area contributed by atoms with Gasteiger partial charge in [-0.25, -0.2) is 0 Å². The molecule has 0 radical (unpaired) electrons. The van der Waals surface area contributed by atoms with Crippen molar-refractivity contribution in [3.8, 4) is 17.1 Å². The molecule has 0 bridgehead atoms. The summed E-state index contributed by atoms with van der Waals surface area (Å²) in [6.07, 6.45) is -0.145. The van der Waals surface area contributed by atoms with Crippen LogP contribution in [0.2, 0.25) is 0 Å². The number of fused-ring (bicyclic) bond motifs is 1. The molecule has 0 aliphatic carbocycles. The number of carbonyl (C=O) groups excluding carboxylic acids is 1. The molecule has 1 aromatic heterocycles. The molecule has 2 aromatic carbocycles. The molecule has 5 nitrogen and oxygen atoms in total. The second-order valence-corrected chi connectivity index (χ2v) is 5.45. The average Bonchev–Trinajstić information content (AvgIpc) is 2.64. The lowest BCUT2D eigenvalue weighted by Gasteiger charge is -2.10. The van der Waals surface area contributed by atoms with E-state index in [1.54, 1.807) is 25.1 Å². The fraction of sp³-hybridized carbons (Fsp3) is 0.200. The van der Waals surface area contributed by atoms with Crippen molar-refractivity contribution in [2.45, 2.75) is 13.3 Å². The van der Waals surface area contributed by atoms with Gasteiger partial charge in [-0.2, -0.15) is 0 Å². The first-order valence-electron chi connectivity index (χ1n) is 7.98. The largest absolute Gasteiger partial charge is 0.497 e. The minimum Gasteiger partial charge on any atom is -0.497 e. The van der Waals surface area contributed by atoms with Crippen LogP contribution in [0, 0.1) is 0 Å². The second-order valence-electron chi connectivity index (χ2n) is 5.45. The van der Waals surface area contributed by atoms with Gasteiger partial charge in [-0.15, -0.1) is 0 Å². The lowest BCUT2D eigenvalue weighted by Crippen LogP contribution is -2.17. The van der Waals surface area contributed by atoms with Crippen molar-refractivity contribution in [1.82, 2.24) is 0 Å². The summed E-state index contributed by atoms with van der Waals surface area (Å²) in [6.45, 7) is 1.98. The molecule has 0 fully saturated rings. The minimum atomic E-state index is -0.464. The summed E-state index contributed by atoms with van der Waals surface area (Å²) in [5.41, 5.74) is 1.20. The fourth-order valence-electron chi connectivity index (χ4n) is 2.68. The van der Waals surface area contributed by atoms with Crippen molar-refractivity contribution >= 4 is 16.9 Å². The summed E-state index contributed by atoms with van der Waals surface area (Å²) in [5.74, 6) is 0.472. The summed E-state index contributed by atoms with van der Waals surface area (Å²) in [6, 6.07) is 14.3. The van der Waals surface area contributed by atoms with E-state index in [4.69, 9.17) is 13.9 Å². The summed E-state index contributed by atoms with van der Waals surface area (Å²) >= 11 is 0. The molecule has 1 heterocycles. The van der Waals surface area contributed by atoms with Gasteiger partial charge in [-0.05, 0) is 25.1 Å². The quantitative estimate of drug-likeness (QED) is 0.665. The van der Waals surface area contributed by atoms with E-state index < -0.39 is 5.97 Å². The van der Waals surface area contributed by atoms with Gasteiger partial charge in [0.15, 0.2) is 5.43 Å². The van der Waals surface area contributed by atoms with Crippen LogP contribution in [0.1, 0.15) is 12.5 Å². The Morgan fingerprint density at radius 2 is 1.88 bits per heavy atom. The van der Waals surface area contributed by atoms with Gasteiger partial charge in [-0.1, -0.05) is 30.3 Å². The van der Waals surface area contributed by atoms with Gasteiger partial charge < -0.3 is 13.9 Å². The Balaban J connectivity index is 2.25. The highest BCUT2D eigenvalue weighted by atomic mass is 16.5. The average molecular weight is 338 g/mol. The van der Waals surface area contributed by atoms with Crippen molar-refractivity contribution < 1.29 is 18.7 Å². The van der Waals surface area contributed by atoms with Crippen LogP contribution in [0.5, 0.6) is 5.75 Å². The summed E-state index contributed by atoms with van der Waals surface area (Å²) in [7, 11) is 1.53. The third kappa shape index (κ3) is 3.40. The van der Waals surface area contributed by atoms with Crippen molar-refractivity contribution in [3.63, 3.8) is 0 Å². The van der Waals surface area contributed by atoms with Crippen molar-refractivity contribution in [2.75, 3.05) is 13.7 Å². The zero-order valence-corrected chi connectivity index (χ0v) is 14.1. The lowest BCUT2D eigenvalue weighted by molar-refractivity contribution is -0.142. The van der Waals surface area contributed by atoms with Crippen LogP contribution in [0.4, 0.5) is 0 Å². The van der Waals surface area contributed by atoms with Crippen molar-refractivity contribution in [3.05, 3.63) is 64.3 Å². The van der Waals surface area contributed by atoms with Crippen LogP contribution in [0.15, 0.2) is 57.7 Å². The van der Waals surface area contributed by atoms with Crippen LogP contribution in [0.25, 0.3) is 22.3 Å². The fourth-order valence-corrected chi connectivity index (χ4v) is 2.68. The Kier molecular flexibility index (Phi) is 4.84. The van der Waals surface area contributed by atoms with Crippen LogP contribution >= 0.6 is 0 Å². The van der Waals surface area contributed by atoms with E-state index in [2.05, 4.69) is 0 Å². The Morgan fingerprint density at radius 1 is 1.12 bits per heavy atom. The monoisotopic (exact) mass is 338 g/mol.